The predicted octanol–water partition coefficient (Wildman–Crippen LogP) is 1.24. The molecule has 14 heavy (non-hydrogen) atoms. The summed E-state index contributed by atoms with van der Waals surface area (Å²) in [4.78, 5) is 2.33. The van der Waals surface area contributed by atoms with Gasteiger partial charge in [0.15, 0.2) is 5.84 Å². The largest absolute Gasteiger partial charge is 0.409 e. The van der Waals surface area contributed by atoms with Crippen LogP contribution in [0.25, 0.3) is 0 Å². The second-order valence-electron chi connectivity index (χ2n) is 4.41. The standard InChI is InChI=1S/C10H21N3O/c1-7(2)8(3)13-6-4-5-9(13)10(11)12-14/h7-9,14H,4-6H2,1-3H3,(H2,11,12). The quantitative estimate of drug-likeness (QED) is 0.311. The van der Waals surface area contributed by atoms with Gasteiger partial charge in [0.25, 0.3) is 0 Å². The molecular weight excluding hydrogens is 178 g/mol. The van der Waals surface area contributed by atoms with E-state index >= 15 is 0 Å². The average Bonchev–Trinajstić information content (AvgIpc) is 2.63. The molecule has 2 atom stereocenters. The molecule has 1 rings (SSSR count). The lowest BCUT2D eigenvalue weighted by atomic mass is 10.0. The molecule has 82 valence electrons. The van der Waals surface area contributed by atoms with Crippen LogP contribution in [-0.2, 0) is 0 Å². The summed E-state index contributed by atoms with van der Waals surface area (Å²) in [7, 11) is 0. The molecule has 0 spiro atoms. The zero-order chi connectivity index (χ0) is 10.7. The van der Waals surface area contributed by atoms with Crippen molar-refractivity contribution in [3.05, 3.63) is 0 Å². The lowest BCUT2D eigenvalue weighted by molar-refractivity contribution is 0.180. The second-order valence-corrected chi connectivity index (χ2v) is 4.41. The summed E-state index contributed by atoms with van der Waals surface area (Å²) in [5, 5.41) is 11.8. The third kappa shape index (κ3) is 2.18. The minimum atomic E-state index is 0.136. The number of hydrogen-bond acceptors (Lipinski definition) is 3. The van der Waals surface area contributed by atoms with Crippen LogP contribution in [0.2, 0.25) is 0 Å². The summed E-state index contributed by atoms with van der Waals surface area (Å²) in [6.07, 6.45) is 2.14. The maximum Gasteiger partial charge on any atom is 0.156 e. The number of nitrogens with zero attached hydrogens (tertiary/aromatic N) is 2. The highest BCUT2D eigenvalue weighted by Crippen LogP contribution is 2.23. The van der Waals surface area contributed by atoms with Crippen molar-refractivity contribution in [1.82, 2.24) is 4.90 Å². The van der Waals surface area contributed by atoms with E-state index in [9.17, 15) is 0 Å². The third-order valence-electron chi connectivity index (χ3n) is 3.24. The molecule has 2 unspecified atom stereocenters. The van der Waals surface area contributed by atoms with Crippen LogP contribution in [0.1, 0.15) is 33.6 Å². The number of rotatable bonds is 3. The van der Waals surface area contributed by atoms with Crippen molar-refractivity contribution in [2.75, 3.05) is 6.54 Å². The second kappa shape index (κ2) is 4.64. The molecule has 1 heterocycles. The fourth-order valence-corrected chi connectivity index (χ4v) is 2.04. The molecule has 0 amide bonds. The molecule has 0 aromatic rings. The number of nitrogens with two attached hydrogens (primary N) is 1. The van der Waals surface area contributed by atoms with Gasteiger partial charge in [-0.25, -0.2) is 0 Å². The van der Waals surface area contributed by atoms with Gasteiger partial charge in [0.2, 0.25) is 0 Å². The van der Waals surface area contributed by atoms with E-state index in [1.54, 1.807) is 0 Å². The Labute approximate surface area is 85.8 Å². The first-order valence-electron chi connectivity index (χ1n) is 5.31. The first-order chi connectivity index (χ1) is 6.57. The van der Waals surface area contributed by atoms with E-state index in [1.165, 1.54) is 0 Å². The predicted molar refractivity (Wildman–Crippen MR) is 57.4 cm³/mol. The minimum Gasteiger partial charge on any atom is -0.409 e. The molecule has 0 aromatic heterocycles. The van der Waals surface area contributed by atoms with E-state index in [4.69, 9.17) is 10.9 Å². The van der Waals surface area contributed by atoms with Gasteiger partial charge in [-0.1, -0.05) is 19.0 Å². The molecule has 0 radical (unpaired) electrons. The number of hydrogen-bond donors (Lipinski definition) is 2. The summed E-state index contributed by atoms with van der Waals surface area (Å²) >= 11 is 0. The molecule has 0 saturated carbocycles. The van der Waals surface area contributed by atoms with Crippen molar-refractivity contribution in [1.29, 1.82) is 0 Å². The van der Waals surface area contributed by atoms with Gasteiger partial charge in [0.05, 0.1) is 6.04 Å². The Bertz CT molecular complexity index is 215. The lowest BCUT2D eigenvalue weighted by Crippen LogP contribution is -2.46. The van der Waals surface area contributed by atoms with E-state index in [0.29, 0.717) is 17.8 Å². The van der Waals surface area contributed by atoms with Crippen LogP contribution < -0.4 is 5.73 Å². The van der Waals surface area contributed by atoms with Crippen LogP contribution in [0.5, 0.6) is 0 Å². The van der Waals surface area contributed by atoms with Crippen LogP contribution in [-0.4, -0.2) is 34.6 Å². The van der Waals surface area contributed by atoms with Gasteiger partial charge in [-0.05, 0) is 32.2 Å². The van der Waals surface area contributed by atoms with Crippen LogP contribution >= 0.6 is 0 Å². The molecular formula is C10H21N3O. The van der Waals surface area contributed by atoms with Crippen LogP contribution in [0.3, 0.4) is 0 Å². The Hall–Kier alpha value is -0.770. The Balaban J connectivity index is 2.68. The fraction of sp³-hybridized carbons (Fsp3) is 0.900. The molecule has 1 fully saturated rings. The summed E-state index contributed by atoms with van der Waals surface area (Å²) < 4.78 is 0. The smallest absolute Gasteiger partial charge is 0.156 e. The Morgan fingerprint density at radius 2 is 2.14 bits per heavy atom. The lowest BCUT2D eigenvalue weighted by Gasteiger charge is -2.32. The summed E-state index contributed by atoms with van der Waals surface area (Å²) in [5.74, 6) is 0.956. The summed E-state index contributed by atoms with van der Waals surface area (Å²) in [5.41, 5.74) is 5.66. The van der Waals surface area contributed by atoms with Gasteiger partial charge in [0.1, 0.15) is 0 Å². The van der Waals surface area contributed by atoms with Crippen LogP contribution in [0.15, 0.2) is 5.16 Å². The monoisotopic (exact) mass is 199 g/mol. The van der Waals surface area contributed by atoms with Crippen molar-refractivity contribution < 1.29 is 5.21 Å². The van der Waals surface area contributed by atoms with E-state index in [1.807, 2.05) is 0 Å². The molecule has 1 aliphatic rings. The van der Waals surface area contributed by atoms with Crippen LogP contribution in [0, 0.1) is 5.92 Å². The van der Waals surface area contributed by atoms with Gasteiger partial charge in [-0.2, -0.15) is 0 Å². The van der Waals surface area contributed by atoms with Crippen molar-refractivity contribution in [3.8, 4) is 0 Å². The summed E-state index contributed by atoms with van der Waals surface area (Å²) in [6, 6.07) is 0.625. The molecule has 0 aliphatic carbocycles. The van der Waals surface area contributed by atoms with Gasteiger partial charge >= 0.3 is 0 Å². The number of oxime groups is 1. The molecule has 3 N–H and O–H groups in total. The first-order valence-corrected chi connectivity index (χ1v) is 5.31. The molecule has 4 nitrogen and oxygen atoms in total. The molecule has 0 bridgehead atoms. The maximum absolute atomic E-state index is 8.67. The minimum absolute atomic E-state index is 0.136. The third-order valence-corrected chi connectivity index (χ3v) is 3.24. The number of amidine groups is 1. The van der Waals surface area contributed by atoms with E-state index < -0.39 is 0 Å². The molecule has 1 aliphatic heterocycles. The maximum atomic E-state index is 8.67. The fourth-order valence-electron chi connectivity index (χ4n) is 2.04. The van der Waals surface area contributed by atoms with E-state index in [2.05, 4.69) is 30.8 Å². The highest BCUT2D eigenvalue weighted by Gasteiger charge is 2.32. The van der Waals surface area contributed by atoms with Crippen molar-refractivity contribution in [2.24, 2.45) is 16.8 Å². The Kier molecular flexibility index (Phi) is 3.75. The van der Waals surface area contributed by atoms with Gasteiger partial charge < -0.3 is 10.9 Å². The number of likely N-dealkylation sites (tertiary alicyclic amines) is 1. The van der Waals surface area contributed by atoms with E-state index in [0.717, 1.165) is 19.4 Å². The Morgan fingerprint density at radius 3 is 2.64 bits per heavy atom. The topological polar surface area (TPSA) is 61.8 Å². The van der Waals surface area contributed by atoms with Crippen molar-refractivity contribution in [3.63, 3.8) is 0 Å². The highest BCUT2D eigenvalue weighted by atomic mass is 16.4. The van der Waals surface area contributed by atoms with Crippen molar-refractivity contribution >= 4 is 5.84 Å². The van der Waals surface area contributed by atoms with Gasteiger partial charge in [-0.3, -0.25) is 4.90 Å². The zero-order valence-corrected chi connectivity index (χ0v) is 9.27. The zero-order valence-electron chi connectivity index (χ0n) is 9.27. The summed E-state index contributed by atoms with van der Waals surface area (Å²) in [6.45, 7) is 7.66. The van der Waals surface area contributed by atoms with Gasteiger partial charge in [0, 0.05) is 6.04 Å². The SMILES string of the molecule is CC(C)C(C)N1CCCC1/C(N)=N/O. The molecule has 0 aromatic carbocycles. The van der Waals surface area contributed by atoms with Crippen LogP contribution in [0.4, 0.5) is 0 Å². The Morgan fingerprint density at radius 1 is 1.50 bits per heavy atom. The normalized spacial score (nSPS) is 27.1. The van der Waals surface area contributed by atoms with E-state index in [-0.39, 0.29) is 6.04 Å². The molecule has 4 heteroatoms. The highest BCUT2D eigenvalue weighted by molar-refractivity contribution is 5.85. The van der Waals surface area contributed by atoms with Crippen molar-refractivity contribution in [2.45, 2.75) is 45.7 Å². The first kappa shape index (κ1) is 11.3. The van der Waals surface area contributed by atoms with Gasteiger partial charge in [-0.15, -0.1) is 0 Å². The molecule has 1 saturated heterocycles. The average molecular weight is 199 g/mol.